The predicted octanol–water partition coefficient (Wildman–Crippen LogP) is 7.74. The summed E-state index contributed by atoms with van der Waals surface area (Å²) in [6.45, 7) is 6.50. The molecule has 0 aromatic heterocycles. The molecule has 210 valence electrons. The number of esters is 1. The van der Waals surface area contributed by atoms with E-state index in [1.807, 2.05) is 0 Å². The molecule has 4 aliphatic carbocycles. The fourth-order valence-electron chi connectivity index (χ4n) is 9.61. The molecule has 0 spiro atoms. The Balaban J connectivity index is 1.36. The van der Waals surface area contributed by atoms with Gasteiger partial charge in [0.25, 0.3) is 0 Å². The van der Waals surface area contributed by atoms with E-state index in [1.165, 1.54) is 57.8 Å². The van der Waals surface area contributed by atoms with E-state index in [0.717, 1.165) is 51.4 Å². The first-order chi connectivity index (χ1) is 17.6. The maximum atomic E-state index is 12.5. The van der Waals surface area contributed by atoms with E-state index < -0.39 is 5.97 Å². The maximum Gasteiger partial charge on any atom is 0.303 e. The van der Waals surface area contributed by atoms with Crippen LogP contribution in [0.4, 0.5) is 0 Å². The average Bonchev–Trinajstić information content (AvgIpc) is 3.16. The molecule has 0 amide bonds. The highest BCUT2D eigenvalue weighted by atomic mass is 16.5. The molecule has 0 aromatic rings. The minimum atomic E-state index is -0.680. The largest absolute Gasteiger partial charge is 0.481 e. The summed E-state index contributed by atoms with van der Waals surface area (Å²) in [6, 6.07) is 0. The van der Waals surface area contributed by atoms with Crippen molar-refractivity contribution in [1.29, 1.82) is 0 Å². The van der Waals surface area contributed by atoms with Gasteiger partial charge in [-0.25, -0.2) is 0 Å². The van der Waals surface area contributed by atoms with Crippen LogP contribution in [0.1, 0.15) is 136 Å². The molecule has 4 saturated carbocycles. The van der Waals surface area contributed by atoms with Crippen molar-refractivity contribution in [2.75, 3.05) is 0 Å². The van der Waals surface area contributed by atoms with Gasteiger partial charge in [-0.05, 0) is 80.0 Å². The Morgan fingerprint density at radius 3 is 2.22 bits per heavy atom. The number of carbonyl (C=O) groups is 3. The van der Waals surface area contributed by atoms with Gasteiger partial charge in [0.15, 0.2) is 0 Å². The molecule has 8 atom stereocenters. The summed E-state index contributed by atoms with van der Waals surface area (Å²) in [6.07, 6.45) is 19.4. The molecule has 0 bridgehead atoms. The Bertz CT molecular complexity index is 822. The Kier molecular flexibility index (Phi) is 9.43. The Morgan fingerprint density at radius 1 is 0.892 bits per heavy atom. The third kappa shape index (κ3) is 6.27. The first kappa shape index (κ1) is 28.6. The van der Waals surface area contributed by atoms with Gasteiger partial charge in [0, 0.05) is 31.6 Å². The van der Waals surface area contributed by atoms with Gasteiger partial charge in [-0.15, -0.1) is 0 Å². The van der Waals surface area contributed by atoms with Crippen molar-refractivity contribution in [3.63, 3.8) is 0 Å². The van der Waals surface area contributed by atoms with E-state index in [4.69, 9.17) is 9.84 Å². The van der Waals surface area contributed by atoms with Gasteiger partial charge in [0.2, 0.25) is 0 Å². The first-order valence-corrected chi connectivity index (χ1v) is 15.6. The first-order valence-electron chi connectivity index (χ1n) is 15.6. The fraction of sp³-hybridized carbons (Fsp3) is 0.906. The molecule has 0 unspecified atom stereocenters. The minimum Gasteiger partial charge on any atom is -0.481 e. The highest BCUT2D eigenvalue weighted by molar-refractivity contribution is 5.79. The van der Waals surface area contributed by atoms with Gasteiger partial charge in [0.05, 0.1) is 0 Å². The third-order valence-electron chi connectivity index (χ3n) is 11.6. The number of unbranched alkanes of at least 4 members (excludes halogenated alkanes) is 7. The zero-order chi connectivity index (χ0) is 26.6. The van der Waals surface area contributed by atoms with Crippen LogP contribution in [0.15, 0.2) is 0 Å². The van der Waals surface area contributed by atoms with Crippen molar-refractivity contribution in [3.8, 4) is 0 Å². The lowest BCUT2D eigenvalue weighted by atomic mass is 9.42. The van der Waals surface area contributed by atoms with Gasteiger partial charge in [-0.2, -0.15) is 0 Å². The zero-order valence-electron chi connectivity index (χ0n) is 23.8. The van der Waals surface area contributed by atoms with E-state index in [0.29, 0.717) is 47.2 Å². The topological polar surface area (TPSA) is 80.7 Å². The van der Waals surface area contributed by atoms with Crippen LogP contribution in [0.25, 0.3) is 0 Å². The van der Waals surface area contributed by atoms with Crippen LogP contribution in [-0.4, -0.2) is 28.9 Å². The van der Waals surface area contributed by atoms with E-state index in [2.05, 4.69) is 13.8 Å². The van der Waals surface area contributed by atoms with Crippen LogP contribution in [0.2, 0.25) is 0 Å². The van der Waals surface area contributed by atoms with Gasteiger partial charge in [-0.1, -0.05) is 65.2 Å². The lowest BCUT2D eigenvalue weighted by Crippen LogP contribution is -2.57. The lowest BCUT2D eigenvalue weighted by molar-refractivity contribution is -0.169. The summed E-state index contributed by atoms with van der Waals surface area (Å²) in [4.78, 5) is 35.0. The monoisotopic (exact) mass is 516 g/mol. The third-order valence-corrected chi connectivity index (χ3v) is 11.6. The van der Waals surface area contributed by atoms with Crippen LogP contribution in [0.3, 0.4) is 0 Å². The molecule has 0 heterocycles. The van der Waals surface area contributed by atoms with E-state index in [9.17, 15) is 14.4 Å². The molecule has 5 nitrogen and oxygen atoms in total. The quantitative estimate of drug-likeness (QED) is 0.212. The number of aliphatic carboxylic acids is 1. The van der Waals surface area contributed by atoms with Crippen LogP contribution in [0, 0.1) is 40.4 Å². The molecule has 4 rings (SSSR count). The molecule has 0 aliphatic heterocycles. The predicted molar refractivity (Wildman–Crippen MR) is 145 cm³/mol. The van der Waals surface area contributed by atoms with Crippen molar-refractivity contribution in [1.82, 2.24) is 0 Å². The molecule has 4 fully saturated rings. The van der Waals surface area contributed by atoms with Crippen molar-refractivity contribution in [2.45, 2.75) is 142 Å². The van der Waals surface area contributed by atoms with Crippen LogP contribution < -0.4 is 0 Å². The summed E-state index contributed by atoms with van der Waals surface area (Å²) in [5, 5.41) is 8.76. The van der Waals surface area contributed by atoms with Gasteiger partial charge < -0.3 is 9.84 Å². The zero-order valence-corrected chi connectivity index (χ0v) is 23.8. The fourth-order valence-corrected chi connectivity index (χ4v) is 9.61. The maximum absolute atomic E-state index is 12.5. The molecule has 1 N–H and O–H groups in total. The van der Waals surface area contributed by atoms with Crippen LogP contribution in [0.5, 0.6) is 0 Å². The van der Waals surface area contributed by atoms with Crippen LogP contribution >= 0.6 is 0 Å². The second-order valence-electron chi connectivity index (χ2n) is 13.7. The standard InChI is InChI=1S/C32H52O5/c1-22(33)37-28-15-14-26-30-23(12-10-8-6-4-5-7-9-11-13-29(35)36)20-24-21-25(34)16-18-31(24,2)27(30)17-19-32(26,28)3/h23-24,26-28,30H,4-21H2,1-3H3,(H,35,36)/t23-,24+,26+,27+,28+,30+,31+,32+/m1/s1. The molecule has 0 saturated heterocycles. The van der Waals surface area contributed by atoms with Crippen molar-refractivity contribution >= 4 is 17.7 Å². The van der Waals surface area contributed by atoms with Gasteiger partial charge >= 0.3 is 11.9 Å². The summed E-state index contributed by atoms with van der Waals surface area (Å²) < 4.78 is 5.90. The number of fused-ring (bicyclic) bond motifs is 5. The Hall–Kier alpha value is -1.39. The Labute approximate surface area is 224 Å². The number of carboxylic acid groups (broad SMARTS) is 1. The second-order valence-corrected chi connectivity index (χ2v) is 13.7. The van der Waals surface area contributed by atoms with E-state index in [-0.39, 0.29) is 17.5 Å². The summed E-state index contributed by atoms with van der Waals surface area (Å²) in [5.74, 6) is 3.00. The number of carbonyl (C=O) groups excluding carboxylic acids is 2. The second kappa shape index (κ2) is 12.2. The van der Waals surface area contributed by atoms with Crippen molar-refractivity contribution < 1.29 is 24.2 Å². The number of hydrogen-bond donors (Lipinski definition) is 1. The smallest absolute Gasteiger partial charge is 0.303 e. The summed E-state index contributed by atoms with van der Waals surface area (Å²) in [5.41, 5.74) is 0.413. The lowest BCUT2D eigenvalue weighted by Gasteiger charge is -2.62. The normalized spacial score (nSPS) is 38.9. The van der Waals surface area contributed by atoms with Crippen molar-refractivity contribution in [3.05, 3.63) is 0 Å². The Morgan fingerprint density at radius 2 is 1.54 bits per heavy atom. The highest BCUT2D eigenvalue weighted by Gasteiger charge is 2.63. The van der Waals surface area contributed by atoms with Gasteiger partial charge in [0.1, 0.15) is 11.9 Å². The minimum absolute atomic E-state index is 0.0746. The van der Waals surface area contributed by atoms with Crippen LogP contribution in [-0.2, 0) is 19.1 Å². The molecule has 37 heavy (non-hydrogen) atoms. The number of carboxylic acids is 1. The number of ether oxygens (including phenoxy) is 1. The SMILES string of the molecule is CC(=O)O[C@H]1CC[C@H]2[C@@H]3[C@H](CCCCCCCCCCC(=O)O)C[C@H]4CC(=O)CC[C@]4(C)[C@H]3CC[C@]12C. The molecule has 4 aliphatic rings. The number of rotatable bonds is 12. The molecular formula is C32H52O5. The van der Waals surface area contributed by atoms with E-state index >= 15 is 0 Å². The molecular weight excluding hydrogens is 464 g/mol. The van der Waals surface area contributed by atoms with E-state index in [1.54, 1.807) is 6.92 Å². The number of ketones is 1. The van der Waals surface area contributed by atoms with Crippen molar-refractivity contribution in [2.24, 2.45) is 40.4 Å². The average molecular weight is 517 g/mol. The highest BCUT2D eigenvalue weighted by Crippen LogP contribution is 2.68. The molecule has 0 radical (unpaired) electrons. The van der Waals surface area contributed by atoms with Gasteiger partial charge in [-0.3, -0.25) is 14.4 Å². The molecule has 5 heteroatoms. The molecule has 0 aromatic carbocycles. The number of hydrogen-bond acceptors (Lipinski definition) is 4. The summed E-state index contributed by atoms with van der Waals surface area (Å²) >= 11 is 0. The summed E-state index contributed by atoms with van der Waals surface area (Å²) in [7, 11) is 0. The number of Topliss-reactive ketones (excluding diaryl/α,β-unsaturated/α-hetero) is 1.